The van der Waals surface area contributed by atoms with E-state index in [0.29, 0.717) is 28.1 Å². The molecule has 3 aromatic rings. The van der Waals surface area contributed by atoms with Crippen molar-refractivity contribution in [2.24, 2.45) is 0 Å². The molecule has 0 aliphatic rings. The van der Waals surface area contributed by atoms with E-state index in [9.17, 15) is 8.42 Å². The van der Waals surface area contributed by atoms with Crippen molar-refractivity contribution < 1.29 is 22.4 Å². The Labute approximate surface area is 161 Å². The van der Waals surface area contributed by atoms with Crippen LogP contribution in [-0.2, 0) is 23.1 Å². The molecule has 0 aliphatic carbocycles. The molecule has 0 fully saturated rings. The van der Waals surface area contributed by atoms with Gasteiger partial charge < -0.3 is 14.0 Å². The molecule has 2 heterocycles. The van der Waals surface area contributed by atoms with Gasteiger partial charge in [-0.2, -0.15) is 9.29 Å². The maximum Gasteiger partial charge on any atom is 0.264 e. The van der Waals surface area contributed by atoms with Crippen LogP contribution in [0.15, 0.2) is 50.5 Å². The van der Waals surface area contributed by atoms with Crippen LogP contribution in [-0.4, -0.2) is 43.6 Å². The average Bonchev–Trinajstić information content (AvgIpc) is 3.37. The summed E-state index contributed by atoms with van der Waals surface area (Å²) in [6.07, 6.45) is 0.340. The highest BCUT2D eigenvalue weighted by atomic mass is 32.2. The number of ether oxygens (including phenoxy) is 2. The first-order chi connectivity index (χ1) is 13.0. The van der Waals surface area contributed by atoms with E-state index in [4.69, 9.17) is 14.0 Å². The van der Waals surface area contributed by atoms with Gasteiger partial charge in [0.2, 0.25) is 0 Å². The Balaban J connectivity index is 1.51. The van der Waals surface area contributed by atoms with Crippen LogP contribution >= 0.6 is 11.3 Å². The quantitative estimate of drug-likeness (QED) is 0.536. The topological polar surface area (TPSA) is 94.8 Å². The first kappa shape index (κ1) is 19.3. The number of aromatic nitrogens is 2. The number of hydrogen-bond donors (Lipinski definition) is 0. The van der Waals surface area contributed by atoms with E-state index < -0.39 is 10.0 Å². The Morgan fingerprint density at radius 3 is 2.59 bits per heavy atom. The summed E-state index contributed by atoms with van der Waals surface area (Å²) >= 11 is 1.19. The molecule has 10 heteroatoms. The fourth-order valence-corrected chi connectivity index (χ4v) is 4.58. The lowest BCUT2D eigenvalue weighted by atomic mass is 10.3. The summed E-state index contributed by atoms with van der Waals surface area (Å²) in [6.45, 7) is 0.376. The lowest BCUT2D eigenvalue weighted by Gasteiger charge is -2.14. The Bertz CT molecular complexity index is 953. The molecule has 0 aliphatic heterocycles. The smallest absolute Gasteiger partial charge is 0.264 e. The second kappa shape index (κ2) is 8.51. The average molecular weight is 409 g/mol. The summed E-state index contributed by atoms with van der Waals surface area (Å²) in [5, 5.41) is 5.60. The number of likely N-dealkylation sites (N-methyl/N-ethyl adjacent to an activating group) is 1. The molecular weight excluding hydrogens is 390 g/mol. The molecule has 0 radical (unpaired) electrons. The molecule has 0 N–H and O–H groups in total. The molecule has 0 atom stereocenters. The van der Waals surface area contributed by atoms with Gasteiger partial charge in [-0.25, -0.2) is 8.42 Å². The summed E-state index contributed by atoms with van der Waals surface area (Å²) < 4.78 is 42.1. The van der Waals surface area contributed by atoms with Crippen LogP contribution in [0.5, 0.6) is 11.5 Å². The normalized spacial score (nSPS) is 11.7. The molecule has 0 amide bonds. The maximum atomic E-state index is 12.4. The van der Waals surface area contributed by atoms with Gasteiger partial charge in [-0.15, -0.1) is 11.3 Å². The van der Waals surface area contributed by atoms with Crippen LogP contribution in [0.1, 0.15) is 11.7 Å². The van der Waals surface area contributed by atoms with Crippen LogP contribution in [0.25, 0.3) is 0 Å². The zero-order chi connectivity index (χ0) is 19.3. The van der Waals surface area contributed by atoms with Gasteiger partial charge in [0.1, 0.15) is 15.7 Å². The van der Waals surface area contributed by atoms with Crippen LogP contribution < -0.4 is 9.47 Å². The van der Waals surface area contributed by atoms with Crippen LogP contribution in [0.2, 0.25) is 0 Å². The summed E-state index contributed by atoms with van der Waals surface area (Å²) in [4.78, 5) is 4.23. The van der Waals surface area contributed by atoms with Crippen molar-refractivity contribution in [2.45, 2.75) is 17.2 Å². The molecule has 0 bridgehead atoms. The highest BCUT2D eigenvalue weighted by Gasteiger charge is 2.22. The van der Waals surface area contributed by atoms with Crippen molar-refractivity contribution in [3.05, 3.63) is 53.5 Å². The minimum absolute atomic E-state index is 0.128. The third kappa shape index (κ3) is 4.85. The number of rotatable bonds is 9. The Morgan fingerprint density at radius 2 is 1.93 bits per heavy atom. The monoisotopic (exact) mass is 409 g/mol. The minimum atomic E-state index is -3.48. The summed E-state index contributed by atoms with van der Waals surface area (Å²) in [5.74, 6) is 2.14. The van der Waals surface area contributed by atoms with Crippen LogP contribution in [0, 0.1) is 0 Å². The van der Waals surface area contributed by atoms with Gasteiger partial charge in [0, 0.05) is 20.0 Å². The van der Waals surface area contributed by atoms with Gasteiger partial charge in [0.15, 0.2) is 12.4 Å². The fraction of sp³-hybridized carbons (Fsp3) is 0.294. The molecule has 0 saturated carbocycles. The number of thiophene rings is 1. The maximum absolute atomic E-state index is 12.4. The number of methoxy groups -OCH3 is 1. The van der Waals surface area contributed by atoms with Crippen LogP contribution in [0.4, 0.5) is 0 Å². The molecule has 8 nitrogen and oxygen atoms in total. The summed E-state index contributed by atoms with van der Waals surface area (Å²) in [7, 11) is -0.354. The fourth-order valence-electron chi connectivity index (χ4n) is 2.21. The van der Waals surface area contributed by atoms with E-state index in [-0.39, 0.29) is 13.2 Å². The predicted octanol–water partition coefficient (Wildman–Crippen LogP) is 2.58. The molecule has 0 saturated heterocycles. The van der Waals surface area contributed by atoms with E-state index >= 15 is 0 Å². The third-order valence-electron chi connectivity index (χ3n) is 3.74. The van der Waals surface area contributed by atoms with Crippen molar-refractivity contribution in [1.29, 1.82) is 0 Å². The van der Waals surface area contributed by atoms with Crippen molar-refractivity contribution in [2.75, 3.05) is 20.7 Å². The SMILES string of the molecule is COc1ccc(OCc2nc(CCN(C)S(=O)(=O)c3cccs3)no2)cc1. The standard InChI is InChI=1S/C17H19N3O5S2/c1-20(27(21,22)17-4-3-11-26-17)10-9-15-18-16(25-19-15)12-24-14-7-5-13(23-2)6-8-14/h3-8,11H,9-10,12H2,1-2H3. The first-order valence-corrected chi connectivity index (χ1v) is 10.4. The zero-order valence-electron chi connectivity index (χ0n) is 14.9. The summed E-state index contributed by atoms with van der Waals surface area (Å²) in [5.41, 5.74) is 0. The lowest BCUT2D eigenvalue weighted by molar-refractivity contribution is 0.242. The van der Waals surface area contributed by atoms with E-state index in [2.05, 4.69) is 10.1 Å². The highest BCUT2D eigenvalue weighted by molar-refractivity contribution is 7.91. The predicted molar refractivity (Wildman–Crippen MR) is 99.5 cm³/mol. The van der Waals surface area contributed by atoms with Crippen molar-refractivity contribution in [3.63, 3.8) is 0 Å². The molecule has 144 valence electrons. The largest absolute Gasteiger partial charge is 0.497 e. The van der Waals surface area contributed by atoms with Gasteiger partial charge in [-0.1, -0.05) is 11.2 Å². The van der Waals surface area contributed by atoms with Gasteiger partial charge in [-0.3, -0.25) is 0 Å². The lowest BCUT2D eigenvalue weighted by Crippen LogP contribution is -2.28. The number of hydrogen-bond acceptors (Lipinski definition) is 8. The number of benzene rings is 1. The molecule has 2 aromatic heterocycles. The van der Waals surface area contributed by atoms with Crippen molar-refractivity contribution in [3.8, 4) is 11.5 Å². The highest BCUT2D eigenvalue weighted by Crippen LogP contribution is 2.20. The molecule has 0 spiro atoms. The molecule has 0 unspecified atom stereocenters. The Morgan fingerprint density at radius 1 is 1.19 bits per heavy atom. The van der Waals surface area contributed by atoms with Crippen LogP contribution in [0.3, 0.4) is 0 Å². The zero-order valence-corrected chi connectivity index (χ0v) is 16.5. The third-order valence-corrected chi connectivity index (χ3v) is 6.97. The Hall–Kier alpha value is -2.43. The Kier molecular flexibility index (Phi) is 6.09. The minimum Gasteiger partial charge on any atom is -0.497 e. The molecule has 27 heavy (non-hydrogen) atoms. The molecular formula is C17H19N3O5S2. The van der Waals surface area contributed by atoms with E-state index in [0.717, 1.165) is 5.75 Å². The number of sulfonamides is 1. The van der Waals surface area contributed by atoms with Crippen molar-refractivity contribution >= 4 is 21.4 Å². The second-order valence-electron chi connectivity index (χ2n) is 5.58. The van der Waals surface area contributed by atoms with Crippen molar-refractivity contribution in [1.82, 2.24) is 14.4 Å². The number of nitrogens with zero attached hydrogens (tertiary/aromatic N) is 3. The molecule has 1 aromatic carbocycles. The molecule has 3 rings (SSSR count). The van der Waals surface area contributed by atoms with Gasteiger partial charge in [0.05, 0.1) is 7.11 Å². The van der Waals surface area contributed by atoms with E-state index in [1.54, 1.807) is 48.9 Å². The van der Waals surface area contributed by atoms with Gasteiger partial charge >= 0.3 is 0 Å². The summed E-state index contributed by atoms with van der Waals surface area (Å²) in [6, 6.07) is 10.4. The first-order valence-electron chi connectivity index (χ1n) is 8.07. The van der Waals surface area contributed by atoms with E-state index in [1.165, 1.54) is 22.7 Å². The second-order valence-corrected chi connectivity index (χ2v) is 8.80. The van der Waals surface area contributed by atoms with E-state index in [1.807, 2.05) is 0 Å². The van der Waals surface area contributed by atoms with Gasteiger partial charge in [-0.05, 0) is 35.7 Å². The van der Waals surface area contributed by atoms with Gasteiger partial charge in [0.25, 0.3) is 15.9 Å².